The van der Waals surface area contributed by atoms with Crippen LogP contribution in [0.4, 0.5) is 0 Å². The van der Waals surface area contributed by atoms with Crippen molar-refractivity contribution in [3.63, 3.8) is 0 Å². The summed E-state index contributed by atoms with van der Waals surface area (Å²) in [5, 5.41) is 6.37. The number of carbonyl (C=O) groups is 1. The van der Waals surface area contributed by atoms with Crippen molar-refractivity contribution in [2.75, 3.05) is 34.2 Å². The minimum absolute atomic E-state index is 0.0159. The summed E-state index contributed by atoms with van der Waals surface area (Å²) in [5.74, 6) is 0.870. The van der Waals surface area contributed by atoms with Crippen molar-refractivity contribution in [3.05, 3.63) is 53.7 Å². The van der Waals surface area contributed by atoms with E-state index in [1.165, 1.54) is 40.6 Å². The third-order valence-electron chi connectivity index (χ3n) is 4.85. The first kappa shape index (κ1) is 24.8. The molecule has 0 atom stereocenters. The fourth-order valence-electron chi connectivity index (χ4n) is 3.07. The second kappa shape index (κ2) is 10.9. The number of carbonyl (C=O) groups excluding carboxylic acids is 1. The highest BCUT2D eigenvalue weighted by Gasteiger charge is 2.20. The lowest BCUT2D eigenvalue weighted by atomic mass is 10.1. The Morgan fingerprint density at radius 2 is 1.62 bits per heavy atom. The minimum atomic E-state index is -3.57. The summed E-state index contributed by atoms with van der Waals surface area (Å²) < 4.78 is 50.9. The van der Waals surface area contributed by atoms with Gasteiger partial charge in [-0.1, -0.05) is 5.16 Å². The minimum Gasteiger partial charge on any atom is -0.497 e. The smallest absolute Gasteiger partial charge is 0.315 e. The standard InChI is InChI=1S/C22H25N3O8S/c1-29-15-5-7-16(8-6-15)34(27,28)10-9-19-24-22(33-25-19)21(26)23-13-14-11-17(30-2)20(32-4)18(12-14)31-3/h5-8,11-12H,9-10,13H2,1-4H3,(H,23,26). The number of aryl methyl sites for hydroxylation is 1. The maximum Gasteiger partial charge on any atom is 0.315 e. The predicted molar refractivity (Wildman–Crippen MR) is 120 cm³/mol. The molecule has 3 rings (SSSR count). The molecule has 1 amide bonds. The first-order valence-corrected chi connectivity index (χ1v) is 11.7. The quantitative estimate of drug-likeness (QED) is 0.424. The SMILES string of the molecule is COc1ccc(S(=O)(=O)CCc2noc(C(=O)NCc3cc(OC)c(OC)c(OC)c3)n2)cc1. The van der Waals surface area contributed by atoms with Crippen molar-refractivity contribution in [2.45, 2.75) is 17.9 Å². The number of nitrogens with one attached hydrogen (secondary N) is 1. The molecule has 0 fully saturated rings. The molecule has 0 aliphatic carbocycles. The maximum absolute atomic E-state index is 12.5. The van der Waals surface area contributed by atoms with Crippen LogP contribution < -0.4 is 24.3 Å². The monoisotopic (exact) mass is 491 g/mol. The molecule has 0 spiro atoms. The van der Waals surface area contributed by atoms with Crippen LogP contribution in [0.15, 0.2) is 45.8 Å². The zero-order valence-corrected chi connectivity index (χ0v) is 20.0. The third-order valence-corrected chi connectivity index (χ3v) is 6.58. The van der Waals surface area contributed by atoms with Crippen LogP contribution in [-0.2, 0) is 22.8 Å². The van der Waals surface area contributed by atoms with Gasteiger partial charge in [0, 0.05) is 13.0 Å². The van der Waals surface area contributed by atoms with Gasteiger partial charge >= 0.3 is 11.8 Å². The zero-order chi connectivity index (χ0) is 24.7. The van der Waals surface area contributed by atoms with Gasteiger partial charge in [-0.3, -0.25) is 4.79 Å². The number of methoxy groups -OCH3 is 4. The van der Waals surface area contributed by atoms with E-state index >= 15 is 0 Å². The van der Waals surface area contributed by atoms with Crippen molar-refractivity contribution < 1.29 is 36.7 Å². The zero-order valence-electron chi connectivity index (χ0n) is 19.2. The number of aromatic nitrogens is 2. The molecule has 0 saturated heterocycles. The van der Waals surface area contributed by atoms with Crippen LogP contribution in [0.1, 0.15) is 22.1 Å². The van der Waals surface area contributed by atoms with Crippen LogP contribution in [0.3, 0.4) is 0 Å². The number of ether oxygens (including phenoxy) is 4. The number of benzene rings is 2. The van der Waals surface area contributed by atoms with Crippen LogP contribution in [0.25, 0.3) is 0 Å². The molecule has 0 bridgehead atoms. The van der Waals surface area contributed by atoms with E-state index in [9.17, 15) is 13.2 Å². The molecule has 12 heteroatoms. The molecule has 182 valence electrons. The topological polar surface area (TPSA) is 139 Å². The lowest BCUT2D eigenvalue weighted by molar-refractivity contribution is 0.0907. The van der Waals surface area contributed by atoms with E-state index < -0.39 is 15.7 Å². The molecular weight excluding hydrogens is 466 g/mol. The second-order valence-electron chi connectivity index (χ2n) is 6.98. The van der Waals surface area contributed by atoms with Gasteiger partial charge in [0.1, 0.15) is 5.75 Å². The summed E-state index contributed by atoms with van der Waals surface area (Å²) in [6, 6.07) is 9.46. The molecule has 0 aliphatic heterocycles. The average molecular weight is 492 g/mol. The number of amides is 1. The largest absolute Gasteiger partial charge is 0.497 e. The molecule has 3 aromatic rings. The summed E-state index contributed by atoms with van der Waals surface area (Å²) in [6.07, 6.45) is -0.0159. The highest BCUT2D eigenvalue weighted by Crippen LogP contribution is 2.38. The van der Waals surface area contributed by atoms with Crippen molar-refractivity contribution >= 4 is 15.7 Å². The number of rotatable bonds is 11. The molecule has 1 heterocycles. The Bertz CT molecular complexity index is 1210. The Balaban J connectivity index is 1.61. The van der Waals surface area contributed by atoms with Crippen LogP contribution in [0.5, 0.6) is 23.0 Å². The number of sulfone groups is 1. The number of hydrogen-bond donors (Lipinski definition) is 1. The van der Waals surface area contributed by atoms with E-state index in [0.29, 0.717) is 28.6 Å². The van der Waals surface area contributed by atoms with E-state index in [2.05, 4.69) is 15.5 Å². The average Bonchev–Trinajstić information content (AvgIpc) is 3.34. The lowest BCUT2D eigenvalue weighted by Crippen LogP contribution is -2.23. The highest BCUT2D eigenvalue weighted by atomic mass is 32.2. The van der Waals surface area contributed by atoms with Crippen LogP contribution in [-0.4, -0.2) is 58.7 Å². The van der Waals surface area contributed by atoms with Crippen molar-refractivity contribution in [1.29, 1.82) is 0 Å². The van der Waals surface area contributed by atoms with Crippen LogP contribution >= 0.6 is 0 Å². The summed E-state index contributed by atoms with van der Waals surface area (Å²) in [4.78, 5) is 16.6. The first-order valence-electron chi connectivity index (χ1n) is 10.1. The number of hydrogen-bond acceptors (Lipinski definition) is 10. The Labute approximate surface area is 196 Å². The van der Waals surface area contributed by atoms with Gasteiger partial charge in [0.2, 0.25) is 5.75 Å². The predicted octanol–water partition coefficient (Wildman–Crippen LogP) is 2.05. The van der Waals surface area contributed by atoms with Gasteiger partial charge in [-0.15, -0.1) is 0 Å². The Morgan fingerprint density at radius 1 is 0.971 bits per heavy atom. The molecule has 0 radical (unpaired) electrons. The molecule has 2 aromatic carbocycles. The fraction of sp³-hybridized carbons (Fsp3) is 0.318. The molecular formula is C22H25N3O8S. The number of nitrogens with zero attached hydrogens (tertiary/aromatic N) is 2. The molecule has 1 aromatic heterocycles. The Hall–Kier alpha value is -3.80. The summed E-state index contributed by atoms with van der Waals surface area (Å²) >= 11 is 0. The van der Waals surface area contributed by atoms with Gasteiger partial charge < -0.3 is 28.8 Å². The van der Waals surface area contributed by atoms with Gasteiger partial charge in [0.05, 0.1) is 39.1 Å². The van der Waals surface area contributed by atoms with Crippen molar-refractivity contribution in [1.82, 2.24) is 15.5 Å². The van der Waals surface area contributed by atoms with E-state index in [1.807, 2.05) is 0 Å². The molecule has 0 aliphatic rings. The van der Waals surface area contributed by atoms with E-state index in [-0.39, 0.29) is 35.3 Å². The van der Waals surface area contributed by atoms with E-state index in [0.717, 1.165) is 0 Å². The van der Waals surface area contributed by atoms with Gasteiger partial charge in [-0.2, -0.15) is 4.98 Å². The molecule has 1 N–H and O–H groups in total. The third kappa shape index (κ3) is 5.76. The van der Waals surface area contributed by atoms with Gasteiger partial charge in [-0.25, -0.2) is 8.42 Å². The Morgan fingerprint density at radius 3 is 2.18 bits per heavy atom. The lowest BCUT2D eigenvalue weighted by Gasteiger charge is -2.14. The fourth-order valence-corrected chi connectivity index (χ4v) is 4.31. The van der Waals surface area contributed by atoms with E-state index in [1.54, 1.807) is 24.3 Å². The molecule has 0 saturated carbocycles. The van der Waals surface area contributed by atoms with Gasteiger partial charge in [0.25, 0.3) is 0 Å². The van der Waals surface area contributed by atoms with E-state index in [4.69, 9.17) is 23.5 Å². The second-order valence-corrected chi connectivity index (χ2v) is 9.09. The summed E-state index contributed by atoms with van der Waals surface area (Å²) in [5.41, 5.74) is 0.688. The first-order chi connectivity index (χ1) is 16.3. The summed E-state index contributed by atoms with van der Waals surface area (Å²) in [6.45, 7) is 0.124. The van der Waals surface area contributed by atoms with Crippen LogP contribution in [0.2, 0.25) is 0 Å². The normalized spacial score (nSPS) is 11.1. The molecule has 11 nitrogen and oxygen atoms in total. The van der Waals surface area contributed by atoms with Crippen molar-refractivity contribution in [3.8, 4) is 23.0 Å². The maximum atomic E-state index is 12.5. The molecule has 34 heavy (non-hydrogen) atoms. The Kier molecular flexibility index (Phi) is 7.95. The molecule has 0 unspecified atom stereocenters. The van der Waals surface area contributed by atoms with Crippen molar-refractivity contribution in [2.24, 2.45) is 0 Å². The summed E-state index contributed by atoms with van der Waals surface area (Å²) in [7, 11) is 2.41. The van der Waals surface area contributed by atoms with Crippen LogP contribution in [0, 0.1) is 0 Å². The van der Waals surface area contributed by atoms with Gasteiger partial charge in [0.15, 0.2) is 27.2 Å². The highest BCUT2D eigenvalue weighted by molar-refractivity contribution is 7.91. The van der Waals surface area contributed by atoms with Gasteiger partial charge in [-0.05, 0) is 42.0 Å².